The molecule has 0 fully saturated rings. The highest BCUT2D eigenvalue weighted by atomic mass is 16.7. The lowest BCUT2D eigenvalue weighted by atomic mass is 10.1. The lowest BCUT2D eigenvalue weighted by Crippen LogP contribution is -2.17. The molecular weight excluding hydrogens is 268 g/mol. The number of hydrogen-bond acceptors (Lipinski definition) is 5. The number of nitriles is 1. The molecule has 0 aromatic heterocycles. The Hall–Kier alpha value is -3.26. The molecule has 0 spiro atoms. The highest BCUT2D eigenvalue weighted by Gasteiger charge is 2.26. The van der Waals surface area contributed by atoms with Gasteiger partial charge in [0.05, 0.1) is 0 Å². The fourth-order valence-corrected chi connectivity index (χ4v) is 1.96. The Morgan fingerprint density at radius 2 is 1.81 bits per heavy atom. The van der Waals surface area contributed by atoms with E-state index in [2.05, 4.69) is 5.48 Å². The molecule has 102 valence electrons. The number of carbonyl (C=O) groups excluding carboxylic acids is 1. The molecule has 5 nitrogen and oxygen atoms in total. The Balaban J connectivity index is 1.95. The fourth-order valence-electron chi connectivity index (χ4n) is 1.96. The molecule has 0 saturated heterocycles. The molecule has 1 aliphatic rings. The molecule has 0 unspecified atom stereocenters. The molecular formula is C16H10N2O3. The number of rotatable bonds is 2. The summed E-state index contributed by atoms with van der Waals surface area (Å²) >= 11 is 0. The van der Waals surface area contributed by atoms with Gasteiger partial charge >= 0.3 is 5.97 Å². The van der Waals surface area contributed by atoms with Gasteiger partial charge in [-0.15, -0.1) is 0 Å². The van der Waals surface area contributed by atoms with E-state index in [1.54, 1.807) is 48.5 Å². The largest absolute Gasteiger partial charge is 0.422 e. The molecule has 0 saturated carbocycles. The maximum Gasteiger partial charge on any atom is 0.356 e. The summed E-state index contributed by atoms with van der Waals surface area (Å²) in [4.78, 5) is 17.4. The van der Waals surface area contributed by atoms with Crippen LogP contribution in [-0.4, -0.2) is 5.97 Å². The topological polar surface area (TPSA) is 71.4 Å². The van der Waals surface area contributed by atoms with Gasteiger partial charge in [0.1, 0.15) is 17.5 Å². The Morgan fingerprint density at radius 3 is 2.57 bits per heavy atom. The summed E-state index contributed by atoms with van der Waals surface area (Å²) in [5.74, 6) is 0.210. The van der Waals surface area contributed by atoms with Gasteiger partial charge in [-0.2, -0.15) is 5.26 Å². The van der Waals surface area contributed by atoms with E-state index in [9.17, 15) is 10.1 Å². The van der Waals surface area contributed by atoms with Crippen LogP contribution in [0.5, 0.6) is 11.5 Å². The first-order valence-corrected chi connectivity index (χ1v) is 6.23. The van der Waals surface area contributed by atoms with E-state index in [0.29, 0.717) is 22.8 Å². The number of carbonyl (C=O) groups is 1. The quantitative estimate of drug-likeness (QED) is 0.395. The third-order valence-corrected chi connectivity index (χ3v) is 2.94. The second kappa shape index (κ2) is 5.39. The van der Waals surface area contributed by atoms with Crippen LogP contribution in [0.4, 0.5) is 0 Å². The van der Waals surface area contributed by atoms with E-state index in [1.165, 1.54) is 0 Å². The smallest absolute Gasteiger partial charge is 0.356 e. The van der Waals surface area contributed by atoms with Gasteiger partial charge < -0.3 is 9.57 Å². The van der Waals surface area contributed by atoms with Gasteiger partial charge in [-0.25, -0.2) is 10.3 Å². The third kappa shape index (κ3) is 2.42. The molecule has 3 rings (SSSR count). The van der Waals surface area contributed by atoms with E-state index in [4.69, 9.17) is 9.57 Å². The molecule has 0 amide bonds. The maximum absolute atomic E-state index is 12.1. The van der Waals surface area contributed by atoms with Gasteiger partial charge in [0.2, 0.25) is 0 Å². The van der Waals surface area contributed by atoms with Crippen LogP contribution >= 0.6 is 0 Å². The fraction of sp³-hybridized carbons (Fsp3) is 0. The van der Waals surface area contributed by atoms with Crippen LogP contribution in [-0.2, 0) is 4.79 Å². The molecule has 1 N–H and O–H groups in total. The molecule has 5 heteroatoms. The van der Waals surface area contributed by atoms with Crippen molar-refractivity contribution in [3.8, 4) is 17.6 Å². The Bertz CT molecular complexity index is 761. The number of fused-ring (bicyclic) bond motifs is 1. The monoisotopic (exact) mass is 278 g/mol. The molecule has 1 heterocycles. The lowest BCUT2D eigenvalue weighted by molar-refractivity contribution is -0.129. The minimum Gasteiger partial charge on any atom is -0.422 e. The maximum atomic E-state index is 12.1. The molecule has 0 atom stereocenters. The number of hydrogen-bond donors (Lipinski definition) is 1. The molecule has 0 radical (unpaired) electrons. The standard InChI is InChI=1S/C16H10N2O3/c17-10-13(16(19)20-11-6-2-1-3-7-11)15-12-8-4-5-9-14(12)21-18-15/h1-9,18H. The van der Waals surface area contributed by atoms with E-state index in [-0.39, 0.29) is 5.57 Å². The summed E-state index contributed by atoms with van der Waals surface area (Å²) in [6, 6.07) is 17.6. The van der Waals surface area contributed by atoms with Crippen LogP contribution in [0.3, 0.4) is 0 Å². The summed E-state index contributed by atoms with van der Waals surface area (Å²) in [6.07, 6.45) is 0. The molecule has 2 aromatic rings. The number of hydroxylamine groups is 1. The minimum absolute atomic E-state index is 0.135. The number of para-hydroxylation sites is 2. The van der Waals surface area contributed by atoms with Crippen molar-refractivity contribution in [3.05, 3.63) is 65.7 Å². The van der Waals surface area contributed by atoms with Crippen molar-refractivity contribution in [1.29, 1.82) is 5.26 Å². The van der Waals surface area contributed by atoms with Crippen LogP contribution in [0.1, 0.15) is 5.56 Å². The van der Waals surface area contributed by atoms with Crippen LogP contribution in [0.25, 0.3) is 5.70 Å². The van der Waals surface area contributed by atoms with Crippen molar-refractivity contribution in [3.63, 3.8) is 0 Å². The van der Waals surface area contributed by atoms with Crippen LogP contribution < -0.4 is 15.1 Å². The van der Waals surface area contributed by atoms with Gasteiger partial charge in [-0.3, -0.25) is 0 Å². The third-order valence-electron chi connectivity index (χ3n) is 2.94. The van der Waals surface area contributed by atoms with Gasteiger partial charge in [-0.05, 0) is 24.3 Å². The van der Waals surface area contributed by atoms with Gasteiger partial charge in [0.15, 0.2) is 11.3 Å². The predicted octanol–water partition coefficient (Wildman–Crippen LogP) is 2.42. The molecule has 1 aliphatic heterocycles. The molecule has 21 heavy (non-hydrogen) atoms. The van der Waals surface area contributed by atoms with Crippen molar-refractivity contribution >= 4 is 11.7 Å². The normalized spacial score (nSPS) is 14.2. The SMILES string of the molecule is N#CC(C(=O)Oc1ccccc1)=C1NOc2ccccc21. The van der Waals surface area contributed by atoms with Crippen LogP contribution in [0, 0.1) is 11.3 Å². The Morgan fingerprint density at radius 1 is 1.10 bits per heavy atom. The van der Waals surface area contributed by atoms with Crippen molar-refractivity contribution in [1.82, 2.24) is 5.48 Å². The average molecular weight is 278 g/mol. The zero-order valence-corrected chi connectivity index (χ0v) is 10.9. The van der Waals surface area contributed by atoms with Gasteiger partial charge in [-0.1, -0.05) is 30.3 Å². The number of nitrogens with zero attached hydrogens (tertiary/aromatic N) is 1. The number of nitrogens with one attached hydrogen (secondary N) is 1. The van der Waals surface area contributed by atoms with E-state index < -0.39 is 5.97 Å². The lowest BCUT2D eigenvalue weighted by Gasteiger charge is -2.05. The number of esters is 1. The van der Waals surface area contributed by atoms with E-state index in [1.807, 2.05) is 12.1 Å². The summed E-state index contributed by atoms with van der Waals surface area (Å²) in [5, 5.41) is 9.26. The Kier molecular flexibility index (Phi) is 3.27. The van der Waals surface area contributed by atoms with Crippen molar-refractivity contribution < 1.29 is 14.4 Å². The molecule has 0 bridgehead atoms. The van der Waals surface area contributed by atoms with Crippen molar-refractivity contribution in [2.24, 2.45) is 0 Å². The second-order valence-corrected chi connectivity index (χ2v) is 4.26. The first kappa shape index (κ1) is 12.8. The van der Waals surface area contributed by atoms with Crippen LogP contribution in [0.2, 0.25) is 0 Å². The second-order valence-electron chi connectivity index (χ2n) is 4.26. The predicted molar refractivity (Wildman–Crippen MR) is 74.8 cm³/mol. The van der Waals surface area contributed by atoms with Gasteiger partial charge in [0, 0.05) is 5.56 Å². The average Bonchev–Trinajstić information content (AvgIpc) is 2.93. The zero-order valence-electron chi connectivity index (χ0n) is 10.9. The first-order chi connectivity index (χ1) is 10.3. The van der Waals surface area contributed by atoms with Crippen LogP contribution in [0.15, 0.2) is 60.2 Å². The first-order valence-electron chi connectivity index (χ1n) is 6.23. The van der Waals surface area contributed by atoms with Crippen molar-refractivity contribution in [2.45, 2.75) is 0 Å². The molecule has 2 aromatic carbocycles. The van der Waals surface area contributed by atoms with E-state index in [0.717, 1.165) is 0 Å². The summed E-state index contributed by atoms with van der Waals surface area (Å²) < 4.78 is 5.18. The minimum atomic E-state index is -0.730. The Labute approximate surface area is 121 Å². The highest BCUT2D eigenvalue weighted by molar-refractivity contribution is 6.03. The number of ether oxygens (including phenoxy) is 1. The number of benzene rings is 2. The zero-order chi connectivity index (χ0) is 14.7. The summed E-state index contributed by atoms with van der Waals surface area (Å²) in [5.41, 5.74) is 3.43. The highest BCUT2D eigenvalue weighted by Crippen LogP contribution is 2.31. The summed E-state index contributed by atoms with van der Waals surface area (Å²) in [7, 11) is 0. The van der Waals surface area contributed by atoms with Crippen molar-refractivity contribution in [2.75, 3.05) is 0 Å². The summed E-state index contributed by atoms with van der Waals surface area (Å²) in [6.45, 7) is 0. The van der Waals surface area contributed by atoms with Gasteiger partial charge in [0.25, 0.3) is 0 Å². The molecule has 0 aliphatic carbocycles. The van der Waals surface area contributed by atoms with E-state index >= 15 is 0 Å².